The molecule has 0 aliphatic carbocycles. The maximum Gasteiger partial charge on any atom is 0.144 e. The molecule has 0 aliphatic rings. The lowest BCUT2D eigenvalue weighted by atomic mass is 10.2. The Morgan fingerprint density at radius 2 is 1.94 bits per heavy atom. The molecule has 0 saturated carbocycles. The summed E-state index contributed by atoms with van der Waals surface area (Å²) in [6.07, 6.45) is 1.77. The van der Waals surface area contributed by atoms with Gasteiger partial charge >= 0.3 is 0 Å². The number of nitrogens with one attached hydrogen (secondary N) is 1. The number of hydrogen-bond acceptors (Lipinski definition) is 2. The van der Waals surface area contributed by atoms with Crippen molar-refractivity contribution in [3.63, 3.8) is 0 Å². The first-order chi connectivity index (χ1) is 8.09. The third-order valence-electron chi connectivity index (χ3n) is 2.55. The summed E-state index contributed by atoms with van der Waals surface area (Å²) in [7, 11) is 0. The van der Waals surface area contributed by atoms with E-state index >= 15 is 0 Å². The van der Waals surface area contributed by atoms with Crippen molar-refractivity contribution >= 4 is 39.0 Å². The lowest BCUT2D eigenvalue weighted by Crippen LogP contribution is -1.98. The number of aryl methyl sites for hydroxylation is 2. The van der Waals surface area contributed by atoms with Crippen molar-refractivity contribution in [1.29, 1.82) is 0 Å². The Bertz CT molecular complexity index is 535. The molecular weight excluding hydrogens is 300 g/mol. The van der Waals surface area contributed by atoms with Crippen LogP contribution in [0.25, 0.3) is 0 Å². The van der Waals surface area contributed by atoms with E-state index in [-0.39, 0.29) is 0 Å². The van der Waals surface area contributed by atoms with E-state index in [4.69, 9.17) is 11.6 Å². The molecule has 2 aromatic rings. The molecule has 4 heteroatoms. The molecule has 1 N–H and O–H groups in total. The van der Waals surface area contributed by atoms with Gasteiger partial charge in [0.05, 0.1) is 15.2 Å². The number of benzene rings is 1. The second-order valence-electron chi connectivity index (χ2n) is 3.85. The molecule has 1 aromatic heterocycles. The highest BCUT2D eigenvalue weighted by atomic mass is 79.9. The monoisotopic (exact) mass is 310 g/mol. The van der Waals surface area contributed by atoms with Crippen molar-refractivity contribution in [1.82, 2.24) is 4.98 Å². The fourth-order valence-electron chi connectivity index (χ4n) is 1.54. The summed E-state index contributed by atoms with van der Waals surface area (Å²) in [5, 5.41) is 3.95. The maximum atomic E-state index is 6.17. The molecule has 0 amide bonds. The molecule has 0 aliphatic heterocycles. The highest BCUT2D eigenvalue weighted by Gasteiger charge is 2.08. The predicted octanol–water partition coefficient (Wildman–Crippen LogP) is 4.86. The number of halogens is 2. The number of pyridine rings is 1. The summed E-state index contributed by atoms with van der Waals surface area (Å²) < 4.78 is 0.958. The van der Waals surface area contributed by atoms with Gasteiger partial charge in [0, 0.05) is 6.20 Å². The van der Waals surface area contributed by atoms with Gasteiger partial charge in [-0.15, -0.1) is 0 Å². The van der Waals surface area contributed by atoms with Gasteiger partial charge in [-0.2, -0.15) is 0 Å². The van der Waals surface area contributed by atoms with Crippen LogP contribution in [0.4, 0.5) is 11.5 Å². The van der Waals surface area contributed by atoms with Crippen molar-refractivity contribution in [2.24, 2.45) is 0 Å². The Balaban J connectivity index is 2.42. The molecule has 0 bridgehead atoms. The van der Waals surface area contributed by atoms with Crippen LogP contribution in [-0.2, 0) is 0 Å². The molecule has 88 valence electrons. The topological polar surface area (TPSA) is 24.9 Å². The van der Waals surface area contributed by atoms with Gasteiger partial charge in [-0.25, -0.2) is 4.98 Å². The Labute approximate surface area is 114 Å². The second-order valence-corrected chi connectivity index (χ2v) is 5.05. The molecule has 2 nitrogen and oxygen atoms in total. The van der Waals surface area contributed by atoms with Crippen LogP contribution in [0.3, 0.4) is 0 Å². The van der Waals surface area contributed by atoms with E-state index in [9.17, 15) is 0 Å². The quantitative estimate of drug-likeness (QED) is 0.857. The largest absolute Gasteiger partial charge is 0.338 e. The van der Waals surface area contributed by atoms with E-state index in [1.165, 1.54) is 0 Å². The summed E-state index contributed by atoms with van der Waals surface area (Å²) in [4.78, 5) is 4.30. The molecule has 1 heterocycles. The number of para-hydroxylation sites is 1. The number of nitrogens with zero attached hydrogens (tertiary/aromatic N) is 1. The first kappa shape index (κ1) is 12.4. The van der Waals surface area contributed by atoms with Gasteiger partial charge in [0.1, 0.15) is 5.82 Å². The molecule has 0 spiro atoms. The summed E-state index contributed by atoms with van der Waals surface area (Å²) in [6, 6.07) is 7.76. The minimum absolute atomic E-state index is 0.695. The fourth-order valence-corrected chi connectivity index (χ4v) is 2.14. The zero-order valence-electron chi connectivity index (χ0n) is 9.59. The van der Waals surface area contributed by atoms with Gasteiger partial charge in [0.25, 0.3) is 0 Å². The highest BCUT2D eigenvalue weighted by molar-refractivity contribution is 9.10. The first-order valence-electron chi connectivity index (χ1n) is 5.23. The van der Waals surface area contributed by atoms with Crippen LogP contribution >= 0.6 is 27.5 Å². The average Bonchev–Trinajstić information content (AvgIpc) is 2.29. The van der Waals surface area contributed by atoms with E-state index in [1.807, 2.05) is 38.1 Å². The Hall–Kier alpha value is -1.06. The Kier molecular flexibility index (Phi) is 3.69. The first-order valence-corrected chi connectivity index (χ1v) is 6.40. The van der Waals surface area contributed by atoms with Gasteiger partial charge in [-0.1, -0.05) is 23.7 Å². The molecular formula is C13H12BrClN2. The smallest absolute Gasteiger partial charge is 0.144 e. The fraction of sp³-hybridized carbons (Fsp3) is 0.154. The number of hydrogen-bond donors (Lipinski definition) is 1. The van der Waals surface area contributed by atoms with Gasteiger partial charge in [-0.05, 0) is 53.0 Å². The van der Waals surface area contributed by atoms with Gasteiger partial charge in [-0.3, -0.25) is 0 Å². The Morgan fingerprint density at radius 3 is 2.65 bits per heavy atom. The Morgan fingerprint density at radius 1 is 1.18 bits per heavy atom. The zero-order chi connectivity index (χ0) is 12.4. The lowest BCUT2D eigenvalue weighted by Gasteiger charge is -2.12. The van der Waals surface area contributed by atoms with Crippen molar-refractivity contribution in [2.75, 3.05) is 5.32 Å². The maximum absolute atomic E-state index is 6.17. The van der Waals surface area contributed by atoms with Crippen LogP contribution in [0.15, 0.2) is 34.9 Å². The lowest BCUT2D eigenvalue weighted by molar-refractivity contribution is 1.24. The molecule has 0 radical (unpaired) electrons. The standard InChI is InChI=1S/C13H12BrClN2/c1-8-6-7-16-13(11(8)14)17-12-9(2)4-3-5-10(12)15/h3-7H,1-2H3,(H,16,17). The van der Waals surface area contributed by atoms with Crippen molar-refractivity contribution in [3.8, 4) is 0 Å². The van der Waals surface area contributed by atoms with Crippen LogP contribution < -0.4 is 5.32 Å². The summed E-state index contributed by atoms with van der Waals surface area (Å²) >= 11 is 9.68. The molecule has 0 unspecified atom stereocenters. The molecule has 2 rings (SSSR count). The van der Waals surface area contributed by atoms with Crippen LogP contribution in [0.1, 0.15) is 11.1 Å². The minimum atomic E-state index is 0.695. The van der Waals surface area contributed by atoms with E-state index in [0.29, 0.717) is 5.02 Å². The van der Waals surface area contributed by atoms with E-state index in [1.54, 1.807) is 6.20 Å². The second kappa shape index (κ2) is 5.07. The summed E-state index contributed by atoms with van der Waals surface area (Å²) in [5.74, 6) is 0.779. The van der Waals surface area contributed by atoms with E-state index in [2.05, 4.69) is 26.2 Å². The number of anilines is 2. The van der Waals surface area contributed by atoms with Crippen LogP contribution in [0.2, 0.25) is 5.02 Å². The zero-order valence-corrected chi connectivity index (χ0v) is 11.9. The average molecular weight is 312 g/mol. The molecule has 0 fully saturated rings. The molecule has 1 aromatic carbocycles. The number of aromatic nitrogens is 1. The van der Waals surface area contributed by atoms with E-state index in [0.717, 1.165) is 27.1 Å². The third-order valence-corrected chi connectivity index (χ3v) is 3.86. The van der Waals surface area contributed by atoms with Gasteiger partial charge in [0.15, 0.2) is 0 Å². The number of rotatable bonds is 2. The predicted molar refractivity (Wildman–Crippen MR) is 76.1 cm³/mol. The third kappa shape index (κ3) is 2.61. The SMILES string of the molecule is Cc1ccnc(Nc2c(C)cccc2Cl)c1Br. The van der Waals surface area contributed by atoms with Crippen LogP contribution in [0.5, 0.6) is 0 Å². The van der Waals surface area contributed by atoms with Crippen molar-refractivity contribution in [2.45, 2.75) is 13.8 Å². The van der Waals surface area contributed by atoms with Gasteiger partial charge in [0.2, 0.25) is 0 Å². The summed E-state index contributed by atoms with van der Waals surface area (Å²) in [6.45, 7) is 4.04. The van der Waals surface area contributed by atoms with Crippen molar-refractivity contribution in [3.05, 3.63) is 51.1 Å². The normalized spacial score (nSPS) is 10.4. The van der Waals surface area contributed by atoms with Crippen LogP contribution in [-0.4, -0.2) is 4.98 Å². The molecule has 0 atom stereocenters. The van der Waals surface area contributed by atoms with Gasteiger partial charge < -0.3 is 5.32 Å². The summed E-state index contributed by atoms with van der Waals surface area (Å²) in [5.41, 5.74) is 3.12. The highest BCUT2D eigenvalue weighted by Crippen LogP contribution is 2.31. The molecule has 0 saturated heterocycles. The minimum Gasteiger partial charge on any atom is -0.338 e. The van der Waals surface area contributed by atoms with Crippen molar-refractivity contribution < 1.29 is 0 Å². The van der Waals surface area contributed by atoms with E-state index < -0.39 is 0 Å². The van der Waals surface area contributed by atoms with Crippen LogP contribution in [0, 0.1) is 13.8 Å². The molecule has 17 heavy (non-hydrogen) atoms.